The number of piperidine rings is 4. The van der Waals surface area contributed by atoms with E-state index < -0.39 is 45.2 Å². The largest absolute Gasteiger partial charge is 0.504 e. The molecule has 24 rings (SSSR count). The van der Waals surface area contributed by atoms with E-state index in [1.165, 1.54) is 33.4 Å². The lowest BCUT2D eigenvalue weighted by atomic mass is 9.48. The zero-order valence-corrected chi connectivity index (χ0v) is 62.8. The van der Waals surface area contributed by atoms with Gasteiger partial charge in [-0.2, -0.15) is 0 Å². The number of phenols is 2. The molecule has 12 aliphatic heterocycles. The number of hydrogen-bond acceptors (Lipinski definition) is 22. The molecule has 20 aliphatic rings. The Bertz CT molecular complexity index is 4250. The van der Waals surface area contributed by atoms with E-state index in [0.717, 1.165) is 137 Å². The van der Waals surface area contributed by atoms with Crippen LogP contribution < -0.4 is 28.4 Å². The third-order valence-corrected chi connectivity index (χ3v) is 31.7. The molecule has 4 N–H and O–H groups in total. The van der Waals surface area contributed by atoms with Gasteiger partial charge in [0.2, 0.25) is 23.1 Å². The van der Waals surface area contributed by atoms with Gasteiger partial charge in [-0.15, -0.1) is 0 Å². The van der Waals surface area contributed by atoms with Crippen LogP contribution in [0, 0.1) is 11.8 Å². The average Bonchev–Trinajstić information content (AvgIpc) is 1.61. The summed E-state index contributed by atoms with van der Waals surface area (Å²) in [7, 11) is 12.1. The fraction of sp³-hybridized carbons (Fsp3) is 0.711. The second kappa shape index (κ2) is 22.5. The minimum atomic E-state index is -0.859. The molecule has 566 valence electrons. The molecular weight excluding hydrogens is 1340 g/mol. The van der Waals surface area contributed by atoms with Crippen LogP contribution in [0.4, 0.5) is 0 Å². The van der Waals surface area contributed by atoms with E-state index in [2.05, 4.69) is 107 Å². The van der Waals surface area contributed by atoms with Crippen molar-refractivity contribution in [2.75, 3.05) is 88.4 Å². The Balaban J connectivity index is 0.0000000902. The Morgan fingerprint density at radius 1 is 0.400 bits per heavy atom. The van der Waals surface area contributed by atoms with Gasteiger partial charge in [-0.25, -0.2) is 0 Å². The van der Waals surface area contributed by atoms with Crippen molar-refractivity contribution < 1.29 is 86.7 Å². The van der Waals surface area contributed by atoms with Gasteiger partial charge in [0.1, 0.15) is 0 Å². The van der Waals surface area contributed by atoms with Crippen molar-refractivity contribution in [3.63, 3.8) is 0 Å². The maximum atomic E-state index is 12.2. The number of ether oxygens (including phenoxy) is 14. The Morgan fingerprint density at radius 2 is 0.800 bits per heavy atom. The van der Waals surface area contributed by atoms with Crippen LogP contribution in [0.3, 0.4) is 0 Å². The number of likely N-dealkylation sites (tertiary alicyclic amines) is 4. The Kier molecular flexibility index (Phi) is 14.5. The number of fused-ring (bicyclic) bond motifs is 4. The minimum absolute atomic E-state index is 0.00178. The molecule has 12 heterocycles. The highest BCUT2D eigenvalue weighted by molar-refractivity contribution is 5.67. The third-order valence-electron chi connectivity index (χ3n) is 31.7. The molecule has 12 fully saturated rings. The van der Waals surface area contributed by atoms with Crippen LogP contribution in [0.1, 0.15) is 156 Å². The Hall–Kier alpha value is -5.28. The summed E-state index contributed by atoms with van der Waals surface area (Å²) in [6.07, 6.45) is 13.3. The topological polar surface area (TPSA) is 223 Å². The first-order chi connectivity index (χ1) is 50.4. The quantitative estimate of drug-likeness (QED) is 0.149. The number of rotatable bonds is 2. The molecule has 0 aromatic heterocycles. The van der Waals surface area contributed by atoms with E-state index >= 15 is 0 Å². The standard InChI is InChI=1S/C22H29NO5.C21H27NO4.C20H25NO5.C20H25NO4/c1-12-13(2)28-22(27-12)8-7-21(24)16-11-14-5-6-15(25-4)18-17(14)20(21,19(22)26-18)9-10-23(16)3;1-11-12(2)26-21(25-11)7-6-14-15-10-13-4-5-16(23)18-17(13)20(14,19(21)24-18)8-9-22(15)3;1-21-8-7-18-15-12-3-4-13(23-2)16(15)26-17(18)20(24-9-10-25-20)6-5-19(18,22)14(21)11-12;1-11-10-23-20(25-11)6-5-13-14-9-12-3-4-15(22)17-16(12)19(13,18(20)24-17)7-8-21(14)2/h5-6,12-13,16,19,24H,7-11H2,1-4H3;4-5,11-12,14-15,19,23H,6-10H2,1-3H3;3-4,14,17,22H,5-11H2,1-2H3;3-4,11,13-14,18,22H,5-10H2,1-2H3/t12?,13?,16-,19-,20+,21?,22?;11?,12?,14?,15-,19-,20+,21?;14-,17-,18+,19?;11?,13?,14-,18-,19+,20?/m1111/s1. The van der Waals surface area contributed by atoms with Crippen molar-refractivity contribution in [1.82, 2.24) is 19.6 Å². The first kappa shape index (κ1) is 67.8. The predicted octanol–water partition coefficient (Wildman–Crippen LogP) is 8.00. The normalized spacial score (nSPS) is 46.5. The van der Waals surface area contributed by atoms with Crippen LogP contribution in [-0.2, 0) is 85.2 Å². The summed E-state index contributed by atoms with van der Waals surface area (Å²) in [5.74, 6) is 3.12. The zero-order valence-electron chi connectivity index (χ0n) is 62.8. The molecule has 8 aliphatic carbocycles. The molecule has 0 amide bonds. The summed E-state index contributed by atoms with van der Waals surface area (Å²) >= 11 is 0. The second-order valence-electron chi connectivity index (χ2n) is 35.7. The molecule has 4 aromatic carbocycles. The number of likely N-dealkylation sites (N-methyl/N-ethyl adjacent to an activating group) is 4. The molecule has 8 spiro atoms. The molecule has 105 heavy (non-hydrogen) atoms. The van der Waals surface area contributed by atoms with E-state index in [0.29, 0.717) is 80.9 Å². The monoisotopic (exact) mass is 1450 g/mol. The summed E-state index contributed by atoms with van der Waals surface area (Å²) in [6, 6.07) is 17.3. The van der Waals surface area contributed by atoms with Gasteiger partial charge in [-0.1, -0.05) is 24.3 Å². The lowest BCUT2D eigenvalue weighted by Gasteiger charge is -2.64. The number of methoxy groups -OCH3 is 2. The number of nitrogens with zero attached hydrogens (tertiary/aromatic N) is 4. The zero-order chi connectivity index (χ0) is 72.0. The van der Waals surface area contributed by atoms with E-state index in [1.54, 1.807) is 26.4 Å². The first-order valence-corrected chi connectivity index (χ1v) is 39.8. The summed E-state index contributed by atoms with van der Waals surface area (Å²) in [6.45, 7) is 16.1. The van der Waals surface area contributed by atoms with Crippen LogP contribution in [0.25, 0.3) is 0 Å². The Labute approximate surface area is 615 Å². The molecule has 0 radical (unpaired) electrons. The van der Waals surface area contributed by atoms with Crippen molar-refractivity contribution in [2.24, 2.45) is 11.8 Å². The van der Waals surface area contributed by atoms with Gasteiger partial charge in [0, 0.05) is 82.9 Å². The number of aliphatic hydroxyl groups is 2. The molecule has 10 unspecified atom stereocenters. The lowest BCUT2D eigenvalue weighted by molar-refractivity contribution is -0.302. The van der Waals surface area contributed by atoms with Crippen LogP contribution in [0.15, 0.2) is 48.5 Å². The lowest BCUT2D eigenvalue weighted by Crippen LogP contribution is -2.79. The van der Waals surface area contributed by atoms with Crippen molar-refractivity contribution in [3.05, 3.63) is 93.0 Å². The summed E-state index contributed by atoms with van der Waals surface area (Å²) in [5.41, 5.74) is 7.11. The second-order valence-corrected chi connectivity index (χ2v) is 35.7. The van der Waals surface area contributed by atoms with Gasteiger partial charge in [-0.05, 0) is 224 Å². The van der Waals surface area contributed by atoms with Gasteiger partial charge in [-0.3, -0.25) is 0 Å². The molecule has 8 bridgehead atoms. The van der Waals surface area contributed by atoms with E-state index in [1.807, 2.05) is 12.1 Å². The molecule has 4 saturated carbocycles. The molecule has 8 saturated heterocycles. The van der Waals surface area contributed by atoms with Crippen LogP contribution >= 0.6 is 0 Å². The third kappa shape index (κ3) is 8.24. The van der Waals surface area contributed by atoms with Gasteiger partial charge < -0.3 is 106 Å². The highest BCUT2D eigenvalue weighted by Gasteiger charge is 2.81. The number of hydrogen-bond donors (Lipinski definition) is 4. The fourth-order valence-electron chi connectivity index (χ4n) is 27.0. The van der Waals surface area contributed by atoms with E-state index in [4.69, 9.17) is 66.3 Å². The predicted molar refractivity (Wildman–Crippen MR) is 381 cm³/mol. The van der Waals surface area contributed by atoms with Gasteiger partial charge in [0.15, 0.2) is 70.4 Å². The smallest absolute Gasteiger partial charge is 0.207 e. The maximum absolute atomic E-state index is 12.2. The maximum Gasteiger partial charge on any atom is 0.207 e. The number of phenolic OH excluding ortho intramolecular Hbond substituents is 2. The summed E-state index contributed by atoms with van der Waals surface area (Å²) in [5, 5.41) is 45.5. The van der Waals surface area contributed by atoms with Crippen molar-refractivity contribution in [2.45, 2.75) is 272 Å². The highest BCUT2D eigenvalue weighted by atomic mass is 16.8. The van der Waals surface area contributed by atoms with Gasteiger partial charge in [0.05, 0.1) is 86.6 Å². The Morgan fingerprint density at radius 3 is 1.26 bits per heavy atom. The molecule has 22 atom stereocenters. The fourth-order valence-corrected chi connectivity index (χ4v) is 27.0. The molecular formula is C83H106N4O18. The van der Waals surface area contributed by atoms with Gasteiger partial charge >= 0.3 is 0 Å². The van der Waals surface area contributed by atoms with Crippen molar-refractivity contribution in [1.29, 1.82) is 0 Å². The van der Waals surface area contributed by atoms with Gasteiger partial charge in [0.25, 0.3) is 0 Å². The van der Waals surface area contributed by atoms with E-state index in [9.17, 15) is 20.4 Å². The first-order valence-electron chi connectivity index (χ1n) is 39.8. The molecule has 4 aromatic rings. The summed E-state index contributed by atoms with van der Waals surface area (Å²) < 4.78 is 88.4. The summed E-state index contributed by atoms with van der Waals surface area (Å²) in [4.78, 5) is 9.70. The van der Waals surface area contributed by atoms with Crippen LogP contribution in [0.2, 0.25) is 0 Å². The minimum Gasteiger partial charge on any atom is -0.504 e. The molecule has 22 heteroatoms. The average molecular weight is 1450 g/mol. The molecule has 22 nitrogen and oxygen atoms in total. The van der Waals surface area contributed by atoms with Crippen LogP contribution in [0.5, 0.6) is 46.0 Å². The van der Waals surface area contributed by atoms with Crippen molar-refractivity contribution in [3.8, 4) is 46.0 Å². The number of benzene rings is 4. The van der Waals surface area contributed by atoms with E-state index in [-0.39, 0.29) is 89.3 Å². The number of aromatic hydroxyl groups is 2. The van der Waals surface area contributed by atoms with Crippen molar-refractivity contribution >= 4 is 0 Å². The SMILES string of the molecule is CC1COC2(CCC3[C@H]4Cc5ccc(O)c6c5[C@@]3(CCN4C)[C@H]2O6)O1.CC1OC2(CCC3[C@H]4Cc5ccc(O)c6c5[C@@]3(CCN4C)[C@H]2O6)OC1C.COc1ccc2c3c1O[C@H]1C4(CCC5(O)[C@@H](C2)N(C)CC[C@]315)OC(C)C(C)O4.COc1ccc2c3c1O[C@H]1C4(CCC5(O)[C@@H](C2)N(C)CC[C@]315)OCCO4. The van der Waals surface area contributed by atoms with Crippen LogP contribution in [-0.4, -0.2) is 242 Å². The highest BCUT2D eigenvalue weighted by Crippen LogP contribution is 2.73.